The molecule has 0 bridgehead atoms. The molecule has 0 spiro atoms. The van der Waals surface area contributed by atoms with Gasteiger partial charge in [-0.3, -0.25) is 9.59 Å². The number of amides is 1. The molecular weight excluding hydrogens is 477 g/mol. The Bertz CT molecular complexity index is 1460. The van der Waals surface area contributed by atoms with Gasteiger partial charge in [-0.25, -0.2) is 4.39 Å². The van der Waals surface area contributed by atoms with Crippen molar-refractivity contribution in [2.24, 2.45) is 0 Å². The SMILES string of the molecule is Cc1cc(/C(O)=C2/C(=O)C(=O)N(Cc3cccs3)C2c2cccc(Oc3ccccc3)c2)ccc1F. The van der Waals surface area contributed by atoms with Crippen LogP contribution in [-0.2, 0) is 16.1 Å². The third kappa shape index (κ3) is 4.53. The highest BCUT2D eigenvalue weighted by Crippen LogP contribution is 2.41. The number of ketones is 1. The molecule has 180 valence electrons. The Labute approximate surface area is 211 Å². The summed E-state index contributed by atoms with van der Waals surface area (Å²) < 4.78 is 19.9. The second kappa shape index (κ2) is 9.79. The van der Waals surface area contributed by atoms with Crippen molar-refractivity contribution in [2.75, 3.05) is 0 Å². The van der Waals surface area contributed by atoms with Crippen LogP contribution in [0.1, 0.15) is 27.6 Å². The molecule has 1 aliphatic heterocycles. The number of Topliss-reactive ketones (excluding diaryl/α,β-unsaturated/α-hetero) is 1. The molecule has 1 fully saturated rings. The van der Waals surface area contributed by atoms with E-state index in [1.54, 1.807) is 31.2 Å². The minimum absolute atomic E-state index is 0.0422. The van der Waals surface area contributed by atoms with E-state index in [1.165, 1.54) is 34.4 Å². The molecule has 36 heavy (non-hydrogen) atoms. The lowest BCUT2D eigenvalue weighted by atomic mass is 9.94. The van der Waals surface area contributed by atoms with E-state index in [0.717, 1.165) is 4.88 Å². The Hall–Kier alpha value is -4.23. The van der Waals surface area contributed by atoms with Gasteiger partial charge in [-0.05, 0) is 72.0 Å². The van der Waals surface area contributed by atoms with Crippen molar-refractivity contribution >= 4 is 28.8 Å². The van der Waals surface area contributed by atoms with Crippen molar-refractivity contribution in [1.82, 2.24) is 4.90 Å². The summed E-state index contributed by atoms with van der Waals surface area (Å²) in [5.41, 5.74) is 1.16. The first-order valence-corrected chi connectivity index (χ1v) is 12.2. The monoisotopic (exact) mass is 499 g/mol. The van der Waals surface area contributed by atoms with E-state index in [4.69, 9.17) is 4.74 Å². The molecule has 1 amide bonds. The molecule has 3 aromatic carbocycles. The number of rotatable bonds is 6. The number of aryl methyl sites for hydroxylation is 1. The number of hydrogen-bond acceptors (Lipinski definition) is 5. The second-order valence-corrected chi connectivity index (χ2v) is 9.49. The predicted molar refractivity (Wildman–Crippen MR) is 136 cm³/mol. The fourth-order valence-electron chi connectivity index (χ4n) is 4.28. The molecule has 0 saturated carbocycles. The smallest absolute Gasteiger partial charge is 0.295 e. The summed E-state index contributed by atoms with van der Waals surface area (Å²) in [4.78, 5) is 28.8. The van der Waals surface area contributed by atoms with Gasteiger partial charge in [-0.15, -0.1) is 11.3 Å². The van der Waals surface area contributed by atoms with Crippen LogP contribution in [0.25, 0.3) is 5.76 Å². The average Bonchev–Trinajstić information content (AvgIpc) is 3.48. The van der Waals surface area contributed by atoms with Crippen molar-refractivity contribution in [3.8, 4) is 11.5 Å². The van der Waals surface area contributed by atoms with Crippen molar-refractivity contribution in [1.29, 1.82) is 0 Å². The summed E-state index contributed by atoms with van der Waals surface area (Å²) >= 11 is 1.47. The van der Waals surface area contributed by atoms with E-state index in [2.05, 4.69) is 0 Å². The number of carbonyl (C=O) groups is 2. The van der Waals surface area contributed by atoms with Gasteiger partial charge in [0.05, 0.1) is 18.2 Å². The van der Waals surface area contributed by atoms with E-state index in [9.17, 15) is 19.1 Å². The fourth-order valence-corrected chi connectivity index (χ4v) is 4.98. The van der Waals surface area contributed by atoms with Gasteiger partial charge in [0.1, 0.15) is 23.1 Å². The summed E-state index contributed by atoms with van der Waals surface area (Å²) in [6.07, 6.45) is 0. The molecular formula is C29H22FNO4S. The first kappa shape index (κ1) is 23.5. The van der Waals surface area contributed by atoms with Crippen LogP contribution in [-0.4, -0.2) is 21.7 Å². The molecule has 7 heteroatoms. The van der Waals surface area contributed by atoms with Gasteiger partial charge < -0.3 is 14.7 Å². The van der Waals surface area contributed by atoms with Crippen molar-refractivity contribution in [2.45, 2.75) is 19.5 Å². The number of hydrogen-bond donors (Lipinski definition) is 1. The number of aliphatic hydroxyl groups is 1. The molecule has 1 aromatic heterocycles. The van der Waals surface area contributed by atoms with Crippen LogP contribution >= 0.6 is 11.3 Å². The van der Waals surface area contributed by atoms with Crippen LogP contribution in [0.4, 0.5) is 4.39 Å². The molecule has 2 heterocycles. The maximum Gasteiger partial charge on any atom is 0.295 e. The van der Waals surface area contributed by atoms with Crippen LogP contribution < -0.4 is 4.74 Å². The maximum atomic E-state index is 13.9. The van der Waals surface area contributed by atoms with E-state index < -0.39 is 23.5 Å². The van der Waals surface area contributed by atoms with Crippen molar-refractivity contribution in [3.05, 3.63) is 123 Å². The Morgan fingerprint density at radius 3 is 2.47 bits per heavy atom. The summed E-state index contributed by atoms with van der Waals surface area (Å²) in [5, 5.41) is 13.1. The van der Waals surface area contributed by atoms with E-state index in [1.807, 2.05) is 47.8 Å². The zero-order valence-electron chi connectivity index (χ0n) is 19.4. The van der Waals surface area contributed by atoms with Gasteiger partial charge in [0, 0.05) is 10.4 Å². The number of ether oxygens (including phenoxy) is 1. The van der Waals surface area contributed by atoms with E-state index in [-0.39, 0.29) is 23.4 Å². The van der Waals surface area contributed by atoms with Gasteiger partial charge in [0.25, 0.3) is 11.7 Å². The average molecular weight is 500 g/mol. The molecule has 5 nitrogen and oxygen atoms in total. The number of likely N-dealkylation sites (tertiary alicyclic amines) is 1. The highest BCUT2D eigenvalue weighted by molar-refractivity contribution is 7.09. The number of thiophene rings is 1. The third-order valence-corrected chi connectivity index (χ3v) is 6.89. The number of para-hydroxylation sites is 1. The standard InChI is InChI=1S/C29H22FNO4S/c1-18-15-20(12-13-24(18)30)27(32)25-26(31(29(34)28(25)33)17-23-11-6-14-36-23)19-7-5-10-22(16-19)35-21-8-3-2-4-9-21/h2-16,26,32H,17H2,1H3/b27-25-. The molecule has 0 aliphatic carbocycles. The molecule has 0 radical (unpaired) electrons. The first-order chi connectivity index (χ1) is 17.4. The topological polar surface area (TPSA) is 66.8 Å². The van der Waals surface area contributed by atoms with Crippen LogP contribution in [0.3, 0.4) is 0 Å². The highest BCUT2D eigenvalue weighted by Gasteiger charge is 2.46. The molecule has 1 unspecified atom stereocenters. The van der Waals surface area contributed by atoms with Gasteiger partial charge in [0.2, 0.25) is 0 Å². The lowest BCUT2D eigenvalue weighted by Gasteiger charge is -2.25. The Kier molecular flexibility index (Phi) is 6.40. The number of halogens is 1. The number of carbonyl (C=O) groups excluding carboxylic acids is 2. The third-order valence-electron chi connectivity index (χ3n) is 6.03. The van der Waals surface area contributed by atoms with Crippen LogP contribution in [0.2, 0.25) is 0 Å². The minimum atomic E-state index is -0.850. The first-order valence-electron chi connectivity index (χ1n) is 11.3. The van der Waals surface area contributed by atoms with E-state index in [0.29, 0.717) is 22.6 Å². The minimum Gasteiger partial charge on any atom is -0.507 e. The molecule has 5 rings (SSSR count). The van der Waals surface area contributed by atoms with Crippen LogP contribution in [0.5, 0.6) is 11.5 Å². The Morgan fingerprint density at radius 2 is 1.75 bits per heavy atom. The molecule has 1 N–H and O–H groups in total. The van der Waals surface area contributed by atoms with Crippen LogP contribution in [0, 0.1) is 12.7 Å². The normalized spacial score (nSPS) is 16.9. The van der Waals surface area contributed by atoms with Gasteiger partial charge in [-0.2, -0.15) is 0 Å². The fraction of sp³-hybridized carbons (Fsp3) is 0.103. The van der Waals surface area contributed by atoms with Gasteiger partial charge >= 0.3 is 0 Å². The summed E-state index contributed by atoms with van der Waals surface area (Å²) in [5.74, 6) is -1.09. The lowest BCUT2D eigenvalue weighted by Crippen LogP contribution is -2.28. The number of benzene rings is 3. The van der Waals surface area contributed by atoms with Gasteiger partial charge in [-0.1, -0.05) is 36.4 Å². The molecule has 1 aliphatic rings. The van der Waals surface area contributed by atoms with Gasteiger partial charge in [0.15, 0.2) is 0 Å². The molecule has 4 aromatic rings. The zero-order valence-corrected chi connectivity index (χ0v) is 20.2. The number of aliphatic hydroxyl groups excluding tert-OH is 1. The quantitative estimate of drug-likeness (QED) is 0.184. The summed E-state index contributed by atoms with van der Waals surface area (Å²) in [6, 6.07) is 23.4. The summed E-state index contributed by atoms with van der Waals surface area (Å²) in [7, 11) is 0. The predicted octanol–water partition coefficient (Wildman–Crippen LogP) is 6.61. The second-order valence-electron chi connectivity index (χ2n) is 8.46. The molecule has 1 atom stereocenters. The number of nitrogens with zero attached hydrogens (tertiary/aromatic N) is 1. The Balaban J connectivity index is 1.62. The van der Waals surface area contributed by atoms with Crippen molar-refractivity contribution < 1.29 is 23.8 Å². The summed E-state index contributed by atoms with van der Waals surface area (Å²) in [6.45, 7) is 1.78. The lowest BCUT2D eigenvalue weighted by molar-refractivity contribution is -0.140. The maximum absolute atomic E-state index is 13.9. The Morgan fingerprint density at radius 1 is 0.972 bits per heavy atom. The zero-order chi connectivity index (χ0) is 25.2. The van der Waals surface area contributed by atoms with Crippen LogP contribution in [0.15, 0.2) is 95.9 Å². The largest absolute Gasteiger partial charge is 0.507 e. The van der Waals surface area contributed by atoms with E-state index >= 15 is 0 Å². The van der Waals surface area contributed by atoms with Crippen molar-refractivity contribution in [3.63, 3.8) is 0 Å². The highest BCUT2D eigenvalue weighted by atomic mass is 32.1. The molecule has 1 saturated heterocycles.